The molecule has 1 amide bonds. The van der Waals surface area contributed by atoms with Gasteiger partial charge in [-0.1, -0.05) is 36.4 Å². The van der Waals surface area contributed by atoms with Crippen molar-refractivity contribution in [1.82, 2.24) is 9.47 Å². The number of benzene rings is 2. The fraction of sp³-hybridized carbons (Fsp3) is 0.375. The first-order chi connectivity index (χ1) is 15.0. The van der Waals surface area contributed by atoms with E-state index in [4.69, 9.17) is 9.15 Å². The number of hydrogen-bond acceptors (Lipinski definition) is 5. The van der Waals surface area contributed by atoms with Crippen molar-refractivity contribution < 1.29 is 18.7 Å². The zero-order valence-corrected chi connectivity index (χ0v) is 17.6. The Morgan fingerprint density at radius 1 is 1.16 bits per heavy atom. The number of fused-ring (bicyclic) bond motifs is 2. The van der Waals surface area contributed by atoms with Gasteiger partial charge in [-0.3, -0.25) is 14.2 Å². The van der Waals surface area contributed by atoms with Crippen LogP contribution in [0.1, 0.15) is 42.9 Å². The largest absolute Gasteiger partial charge is 0.456 e. The Kier molecular flexibility index (Phi) is 6.21. The quantitative estimate of drug-likeness (QED) is 0.545. The van der Waals surface area contributed by atoms with Crippen LogP contribution in [-0.2, 0) is 27.3 Å². The van der Waals surface area contributed by atoms with Gasteiger partial charge in [0.05, 0.1) is 11.6 Å². The van der Waals surface area contributed by atoms with Crippen LogP contribution in [-0.4, -0.2) is 35.0 Å². The van der Waals surface area contributed by atoms with E-state index in [1.165, 1.54) is 15.7 Å². The molecule has 7 nitrogen and oxygen atoms in total. The van der Waals surface area contributed by atoms with Gasteiger partial charge in [-0.25, -0.2) is 4.79 Å². The fourth-order valence-electron chi connectivity index (χ4n) is 4.23. The molecule has 2 aromatic carbocycles. The van der Waals surface area contributed by atoms with Gasteiger partial charge in [0.25, 0.3) is 5.91 Å². The summed E-state index contributed by atoms with van der Waals surface area (Å²) in [6, 6.07) is 15.4. The van der Waals surface area contributed by atoms with E-state index in [1.54, 1.807) is 30.1 Å². The zero-order valence-electron chi connectivity index (χ0n) is 17.6. The van der Waals surface area contributed by atoms with Crippen LogP contribution in [0.4, 0.5) is 0 Å². The summed E-state index contributed by atoms with van der Waals surface area (Å²) in [6.45, 7) is 0.0697. The number of amides is 1. The van der Waals surface area contributed by atoms with Gasteiger partial charge < -0.3 is 14.1 Å². The van der Waals surface area contributed by atoms with Crippen LogP contribution in [0.25, 0.3) is 11.1 Å². The molecule has 4 rings (SSSR count). The molecular formula is C24H26N2O5. The molecule has 0 radical (unpaired) electrons. The first-order valence-electron chi connectivity index (χ1n) is 10.6. The molecule has 0 bridgehead atoms. The van der Waals surface area contributed by atoms with Gasteiger partial charge in [0, 0.05) is 20.0 Å². The number of para-hydroxylation sites is 2. The molecule has 0 saturated carbocycles. The Labute approximate surface area is 180 Å². The number of esters is 1. The number of oxazole rings is 1. The fourth-order valence-corrected chi connectivity index (χ4v) is 4.23. The second-order valence-electron chi connectivity index (χ2n) is 7.86. The maximum atomic E-state index is 12.6. The van der Waals surface area contributed by atoms with Gasteiger partial charge >= 0.3 is 11.7 Å². The van der Waals surface area contributed by atoms with Crippen LogP contribution in [0.2, 0.25) is 0 Å². The summed E-state index contributed by atoms with van der Waals surface area (Å²) in [5.74, 6) is -1.11. The van der Waals surface area contributed by atoms with Crippen LogP contribution < -0.4 is 5.76 Å². The average molecular weight is 422 g/mol. The van der Waals surface area contributed by atoms with Gasteiger partial charge in [-0.15, -0.1) is 0 Å². The highest BCUT2D eigenvalue weighted by atomic mass is 16.5. The number of hydrogen-bond donors (Lipinski definition) is 0. The second-order valence-corrected chi connectivity index (χ2v) is 7.86. The highest BCUT2D eigenvalue weighted by Gasteiger charge is 2.26. The summed E-state index contributed by atoms with van der Waals surface area (Å²) in [5.41, 5.74) is 3.67. The molecule has 1 aliphatic carbocycles. The summed E-state index contributed by atoms with van der Waals surface area (Å²) >= 11 is 0. The van der Waals surface area contributed by atoms with Crippen molar-refractivity contribution in [2.24, 2.45) is 0 Å². The van der Waals surface area contributed by atoms with E-state index in [9.17, 15) is 14.4 Å². The lowest BCUT2D eigenvalue weighted by molar-refractivity contribution is -0.152. The summed E-state index contributed by atoms with van der Waals surface area (Å²) < 4.78 is 11.9. The lowest BCUT2D eigenvalue weighted by Crippen LogP contribution is -2.36. The van der Waals surface area contributed by atoms with E-state index in [2.05, 4.69) is 12.1 Å². The highest BCUT2D eigenvalue weighted by molar-refractivity contribution is 5.81. The molecule has 162 valence electrons. The predicted molar refractivity (Wildman–Crippen MR) is 116 cm³/mol. The maximum Gasteiger partial charge on any atom is 0.419 e. The molecule has 0 aliphatic heterocycles. The van der Waals surface area contributed by atoms with Gasteiger partial charge in [-0.05, 0) is 48.9 Å². The molecule has 1 unspecified atom stereocenters. The van der Waals surface area contributed by atoms with Gasteiger partial charge in [-0.2, -0.15) is 0 Å². The lowest BCUT2D eigenvalue weighted by Gasteiger charge is -2.33. The van der Waals surface area contributed by atoms with Gasteiger partial charge in [0.15, 0.2) is 12.2 Å². The third kappa shape index (κ3) is 4.55. The molecule has 0 spiro atoms. The molecule has 0 fully saturated rings. The Morgan fingerprint density at radius 2 is 1.94 bits per heavy atom. The molecule has 1 aromatic heterocycles. The van der Waals surface area contributed by atoms with Crippen LogP contribution >= 0.6 is 0 Å². The summed E-state index contributed by atoms with van der Waals surface area (Å²) in [5, 5.41) is 0. The number of ether oxygens (including phenoxy) is 1. The number of likely N-dealkylation sites (N-methyl/N-ethyl adjacent to an activating group) is 1. The maximum absolute atomic E-state index is 12.6. The molecule has 3 aromatic rings. The summed E-state index contributed by atoms with van der Waals surface area (Å²) in [6.07, 6.45) is 3.50. The molecule has 1 heterocycles. The Bertz CT molecular complexity index is 1150. The van der Waals surface area contributed by atoms with E-state index in [0.717, 1.165) is 19.3 Å². The van der Waals surface area contributed by atoms with Crippen LogP contribution in [0.5, 0.6) is 0 Å². The number of carbonyl (C=O) groups is 2. The molecular weight excluding hydrogens is 396 g/mol. The Morgan fingerprint density at radius 3 is 2.81 bits per heavy atom. The van der Waals surface area contributed by atoms with Gasteiger partial charge in [0.1, 0.15) is 0 Å². The van der Waals surface area contributed by atoms with Crippen LogP contribution in [0.15, 0.2) is 57.7 Å². The van der Waals surface area contributed by atoms with Gasteiger partial charge in [0.2, 0.25) is 0 Å². The van der Waals surface area contributed by atoms with Crippen molar-refractivity contribution in [3.63, 3.8) is 0 Å². The SMILES string of the molecule is CN(C(=O)COC(=O)CCCn1c(=O)oc2ccccc21)C1CCCc2ccccc21. The molecule has 1 atom stereocenters. The highest BCUT2D eigenvalue weighted by Crippen LogP contribution is 2.33. The summed E-state index contributed by atoms with van der Waals surface area (Å²) in [7, 11) is 1.76. The number of carbonyl (C=O) groups excluding carboxylic acids is 2. The van der Waals surface area contributed by atoms with Crippen molar-refractivity contribution in [2.45, 2.75) is 44.7 Å². The summed E-state index contributed by atoms with van der Waals surface area (Å²) in [4.78, 5) is 38.4. The minimum Gasteiger partial charge on any atom is -0.456 e. The molecule has 0 N–H and O–H groups in total. The van der Waals surface area contributed by atoms with Crippen molar-refractivity contribution in [2.75, 3.05) is 13.7 Å². The van der Waals surface area contributed by atoms with E-state index < -0.39 is 11.7 Å². The van der Waals surface area contributed by atoms with Crippen molar-refractivity contribution >= 4 is 23.0 Å². The normalized spacial score (nSPS) is 15.5. The minimum atomic E-state index is -0.452. The van der Waals surface area contributed by atoms with E-state index in [-0.39, 0.29) is 25.0 Å². The Balaban J connectivity index is 1.27. The van der Waals surface area contributed by atoms with Crippen molar-refractivity contribution in [3.8, 4) is 0 Å². The average Bonchev–Trinajstić information content (AvgIpc) is 3.11. The monoisotopic (exact) mass is 422 g/mol. The predicted octanol–water partition coefficient (Wildman–Crippen LogP) is 3.45. The van der Waals surface area contributed by atoms with E-state index in [0.29, 0.717) is 24.1 Å². The third-order valence-electron chi connectivity index (χ3n) is 5.89. The number of nitrogens with zero attached hydrogens (tertiary/aromatic N) is 2. The minimum absolute atomic E-state index is 0.0115. The third-order valence-corrected chi connectivity index (χ3v) is 5.89. The number of aromatic nitrogens is 1. The van der Waals surface area contributed by atoms with E-state index >= 15 is 0 Å². The molecule has 31 heavy (non-hydrogen) atoms. The van der Waals surface area contributed by atoms with Crippen molar-refractivity contribution in [1.29, 1.82) is 0 Å². The van der Waals surface area contributed by atoms with Crippen LogP contribution in [0.3, 0.4) is 0 Å². The first-order valence-corrected chi connectivity index (χ1v) is 10.6. The second kappa shape index (κ2) is 9.20. The zero-order chi connectivity index (χ0) is 21.8. The van der Waals surface area contributed by atoms with Crippen LogP contribution in [0, 0.1) is 0 Å². The van der Waals surface area contributed by atoms with E-state index in [1.807, 2.05) is 18.2 Å². The molecule has 0 saturated heterocycles. The number of rotatable bonds is 7. The standard InChI is InChI=1S/C24H26N2O5/c1-25(19-12-6-9-17-8-2-3-10-18(17)19)22(27)16-30-23(28)14-7-15-26-20-11-4-5-13-21(20)31-24(26)29/h2-5,8,10-11,13,19H,6-7,9,12,14-16H2,1H3. The Hall–Kier alpha value is -3.35. The molecule has 1 aliphatic rings. The lowest BCUT2D eigenvalue weighted by atomic mass is 9.87. The molecule has 7 heteroatoms. The smallest absolute Gasteiger partial charge is 0.419 e. The topological polar surface area (TPSA) is 81.8 Å². The number of aryl methyl sites for hydroxylation is 2. The van der Waals surface area contributed by atoms with Crippen molar-refractivity contribution in [3.05, 3.63) is 70.2 Å². The first kappa shape index (κ1) is 20.9.